The van der Waals surface area contributed by atoms with Crippen LogP contribution in [0.1, 0.15) is 36.5 Å². The number of amides is 1. The van der Waals surface area contributed by atoms with Gasteiger partial charge in [-0.05, 0) is 31.4 Å². The summed E-state index contributed by atoms with van der Waals surface area (Å²) >= 11 is 7.03. The van der Waals surface area contributed by atoms with Crippen molar-refractivity contribution < 1.29 is 9.63 Å². The average molecular weight is 338 g/mol. The summed E-state index contributed by atoms with van der Waals surface area (Å²) < 4.78 is 0.528. The van der Waals surface area contributed by atoms with Crippen LogP contribution >= 0.6 is 22.9 Å². The molecule has 0 radical (unpaired) electrons. The number of thiazole rings is 1. The van der Waals surface area contributed by atoms with E-state index in [2.05, 4.69) is 22.7 Å². The lowest BCUT2D eigenvalue weighted by molar-refractivity contribution is 0.100. The fourth-order valence-corrected chi connectivity index (χ4v) is 2.87. The van der Waals surface area contributed by atoms with Gasteiger partial charge in [0.05, 0.1) is 17.3 Å². The van der Waals surface area contributed by atoms with Crippen molar-refractivity contribution in [3.8, 4) is 5.75 Å². The maximum Gasteiger partial charge on any atom is 0.261 e. The van der Waals surface area contributed by atoms with Gasteiger partial charge in [-0.15, -0.1) is 0 Å². The summed E-state index contributed by atoms with van der Waals surface area (Å²) in [6.45, 7) is 2.12. The Morgan fingerprint density at radius 1 is 1.45 bits per heavy atom. The maximum atomic E-state index is 12.4. The highest BCUT2D eigenvalue weighted by Crippen LogP contribution is 2.38. The molecule has 0 atom stereocenters. The molecule has 116 valence electrons. The summed E-state index contributed by atoms with van der Waals surface area (Å²) in [4.78, 5) is 22.0. The van der Waals surface area contributed by atoms with Crippen LogP contribution in [0.5, 0.6) is 5.75 Å². The van der Waals surface area contributed by atoms with Crippen LogP contribution in [-0.4, -0.2) is 16.4 Å². The van der Waals surface area contributed by atoms with Gasteiger partial charge < -0.3 is 4.84 Å². The number of hydrogen-bond acceptors (Lipinski definition) is 5. The molecule has 1 aromatic heterocycles. The fraction of sp³-hybridized carbons (Fsp3) is 0.333. The third-order valence-corrected chi connectivity index (χ3v) is 4.77. The van der Waals surface area contributed by atoms with E-state index >= 15 is 0 Å². The Balaban J connectivity index is 1.71. The van der Waals surface area contributed by atoms with Gasteiger partial charge in [0.15, 0.2) is 10.9 Å². The zero-order chi connectivity index (χ0) is 15.6. The number of halogens is 1. The summed E-state index contributed by atoms with van der Waals surface area (Å²) in [5.74, 6) is 0.229. The van der Waals surface area contributed by atoms with Crippen LogP contribution in [0.4, 0.5) is 5.13 Å². The summed E-state index contributed by atoms with van der Waals surface area (Å²) in [6.07, 6.45) is 4.69. The molecule has 1 heterocycles. The van der Waals surface area contributed by atoms with E-state index < -0.39 is 0 Å². The molecule has 1 aliphatic rings. The number of hydroxylamine groups is 1. The first-order chi connectivity index (χ1) is 10.6. The normalized spacial score (nSPS) is 15.4. The molecule has 0 saturated heterocycles. The zero-order valence-electron chi connectivity index (χ0n) is 12.1. The first-order valence-electron chi connectivity index (χ1n) is 7.08. The number of benzene rings is 1. The van der Waals surface area contributed by atoms with Crippen molar-refractivity contribution in [3.05, 3.63) is 40.4 Å². The zero-order valence-corrected chi connectivity index (χ0v) is 13.6. The third-order valence-electron chi connectivity index (χ3n) is 3.74. The first kappa shape index (κ1) is 15.3. The molecule has 1 saturated carbocycles. The Kier molecular flexibility index (Phi) is 4.33. The smallest absolute Gasteiger partial charge is 0.261 e. The van der Waals surface area contributed by atoms with Crippen molar-refractivity contribution in [2.24, 2.45) is 0 Å². The number of carbonyl (C=O) groups excluding carboxylic acids is 1. The molecule has 1 amide bonds. The van der Waals surface area contributed by atoms with Crippen molar-refractivity contribution in [3.63, 3.8) is 0 Å². The monoisotopic (exact) mass is 337 g/mol. The van der Waals surface area contributed by atoms with Crippen molar-refractivity contribution in [1.29, 1.82) is 0 Å². The lowest BCUT2D eigenvalue weighted by Crippen LogP contribution is -2.34. The fourth-order valence-electron chi connectivity index (χ4n) is 2.06. The predicted octanol–water partition coefficient (Wildman–Crippen LogP) is 3.87. The number of anilines is 1. The Hall–Kier alpha value is -1.63. The number of hydrogen-bond donors (Lipinski definition) is 2. The van der Waals surface area contributed by atoms with Crippen LogP contribution in [0.15, 0.2) is 30.5 Å². The number of aromatic nitrogens is 1. The second-order valence-corrected chi connectivity index (χ2v) is 6.92. The molecule has 1 aromatic carbocycles. The lowest BCUT2D eigenvalue weighted by Gasteiger charge is -2.17. The van der Waals surface area contributed by atoms with Gasteiger partial charge >= 0.3 is 0 Å². The second-order valence-electron chi connectivity index (χ2n) is 5.26. The van der Waals surface area contributed by atoms with Gasteiger partial charge in [0, 0.05) is 0 Å². The van der Waals surface area contributed by atoms with Crippen LogP contribution < -0.4 is 15.6 Å². The molecule has 7 heteroatoms. The topological polar surface area (TPSA) is 63.2 Å². The minimum atomic E-state index is -0.273. The standard InChI is InChI=1S/C15H16ClN3O2S/c1-2-15(7-8-15)19-21-11-6-4-3-5-10(11)13(20)18-14-17-9-12(16)22-14/h3-6,9,19H,2,7-8H2,1H3,(H,17,18,20). The Morgan fingerprint density at radius 3 is 2.86 bits per heavy atom. The Labute approximate surface area is 137 Å². The van der Waals surface area contributed by atoms with Crippen molar-refractivity contribution in [1.82, 2.24) is 10.5 Å². The molecule has 3 rings (SSSR count). The highest BCUT2D eigenvalue weighted by molar-refractivity contribution is 7.19. The molecule has 0 spiro atoms. The van der Waals surface area contributed by atoms with Gasteiger partial charge in [0.25, 0.3) is 5.91 Å². The lowest BCUT2D eigenvalue weighted by atomic mass is 10.2. The van der Waals surface area contributed by atoms with E-state index in [-0.39, 0.29) is 11.4 Å². The third kappa shape index (κ3) is 3.40. The summed E-state index contributed by atoms with van der Waals surface area (Å²) in [5.41, 5.74) is 3.60. The van der Waals surface area contributed by atoms with Crippen molar-refractivity contribution in [2.45, 2.75) is 31.7 Å². The van der Waals surface area contributed by atoms with E-state index in [0.717, 1.165) is 19.3 Å². The molecule has 5 nitrogen and oxygen atoms in total. The molecule has 0 unspecified atom stereocenters. The molecule has 2 N–H and O–H groups in total. The second kappa shape index (κ2) is 6.24. The van der Waals surface area contributed by atoms with Crippen LogP contribution in [0.25, 0.3) is 0 Å². The van der Waals surface area contributed by atoms with Gasteiger partial charge in [0.1, 0.15) is 4.34 Å². The van der Waals surface area contributed by atoms with E-state index in [0.29, 0.717) is 20.8 Å². The Morgan fingerprint density at radius 2 is 2.23 bits per heavy atom. The molecule has 22 heavy (non-hydrogen) atoms. The molecule has 1 aliphatic carbocycles. The SMILES string of the molecule is CCC1(NOc2ccccc2C(=O)Nc2ncc(Cl)s2)CC1. The highest BCUT2D eigenvalue weighted by atomic mass is 35.5. The van der Waals surface area contributed by atoms with Crippen LogP contribution in [-0.2, 0) is 0 Å². The van der Waals surface area contributed by atoms with Gasteiger partial charge in [0.2, 0.25) is 0 Å². The quantitative estimate of drug-likeness (QED) is 0.785. The number of nitrogens with one attached hydrogen (secondary N) is 2. The number of nitrogens with zero attached hydrogens (tertiary/aromatic N) is 1. The van der Waals surface area contributed by atoms with E-state index in [4.69, 9.17) is 16.4 Å². The van der Waals surface area contributed by atoms with Crippen LogP contribution in [0.3, 0.4) is 0 Å². The molecule has 0 bridgehead atoms. The molecular weight excluding hydrogens is 322 g/mol. The summed E-state index contributed by atoms with van der Waals surface area (Å²) in [6, 6.07) is 7.11. The van der Waals surface area contributed by atoms with Crippen molar-refractivity contribution in [2.75, 3.05) is 5.32 Å². The first-order valence-corrected chi connectivity index (χ1v) is 8.27. The highest BCUT2D eigenvalue weighted by Gasteiger charge is 2.42. The van der Waals surface area contributed by atoms with E-state index in [1.165, 1.54) is 17.5 Å². The number of carbonyl (C=O) groups is 1. The van der Waals surface area contributed by atoms with E-state index in [1.54, 1.807) is 18.2 Å². The minimum absolute atomic E-state index is 0.0619. The van der Waals surface area contributed by atoms with Crippen LogP contribution in [0, 0.1) is 0 Å². The van der Waals surface area contributed by atoms with E-state index in [1.807, 2.05) is 6.07 Å². The largest absolute Gasteiger partial charge is 0.407 e. The van der Waals surface area contributed by atoms with Gasteiger partial charge in [-0.2, -0.15) is 5.48 Å². The maximum absolute atomic E-state index is 12.4. The molecular formula is C15H16ClN3O2S. The Bertz CT molecular complexity index is 685. The average Bonchev–Trinajstić information content (AvgIpc) is 3.21. The van der Waals surface area contributed by atoms with E-state index in [9.17, 15) is 4.79 Å². The minimum Gasteiger partial charge on any atom is -0.407 e. The van der Waals surface area contributed by atoms with Crippen LogP contribution in [0.2, 0.25) is 4.34 Å². The predicted molar refractivity (Wildman–Crippen MR) is 87.5 cm³/mol. The number of rotatable bonds is 6. The molecule has 2 aromatic rings. The summed E-state index contributed by atoms with van der Waals surface area (Å²) in [7, 11) is 0. The number of para-hydroxylation sites is 1. The molecule has 1 fully saturated rings. The summed E-state index contributed by atoms with van der Waals surface area (Å²) in [5, 5.41) is 3.19. The molecule has 0 aliphatic heterocycles. The van der Waals surface area contributed by atoms with Gasteiger partial charge in [-0.1, -0.05) is 42.0 Å². The van der Waals surface area contributed by atoms with Crippen molar-refractivity contribution >= 4 is 34.0 Å². The van der Waals surface area contributed by atoms with Gasteiger partial charge in [-0.25, -0.2) is 4.98 Å². The van der Waals surface area contributed by atoms with Gasteiger partial charge in [-0.3, -0.25) is 10.1 Å².